The summed E-state index contributed by atoms with van der Waals surface area (Å²) in [6.07, 6.45) is 0. The van der Waals surface area contributed by atoms with Gasteiger partial charge < -0.3 is 4.55 Å². The second-order valence-corrected chi connectivity index (χ2v) is 2.56. The van der Waals surface area contributed by atoms with Gasteiger partial charge in [0.25, 0.3) is 0 Å². The van der Waals surface area contributed by atoms with E-state index in [-0.39, 0.29) is 29.6 Å². The maximum atomic E-state index is 9.68. The van der Waals surface area contributed by atoms with Crippen LogP contribution in [0.25, 0.3) is 0 Å². The van der Waals surface area contributed by atoms with E-state index in [9.17, 15) is 4.21 Å². The molecule has 0 bridgehead atoms. The normalized spacial score (nSPS) is 12.3. The van der Waals surface area contributed by atoms with Crippen LogP contribution in [-0.4, -0.2) is 49.4 Å². The predicted molar refractivity (Wildman–Crippen MR) is 36.6 cm³/mol. The van der Waals surface area contributed by atoms with Crippen LogP contribution < -0.4 is 0 Å². The number of halogens is 1. The van der Waals surface area contributed by atoms with Crippen molar-refractivity contribution >= 4 is 56.6 Å². The molecule has 0 aliphatic heterocycles. The average molecular weight is 197 g/mol. The van der Waals surface area contributed by atoms with Crippen molar-refractivity contribution in [3.8, 4) is 0 Å². The average Bonchev–Trinajstić information content (AvgIpc) is 1.35. The van der Waals surface area contributed by atoms with Gasteiger partial charge in [0, 0.05) is 5.33 Å². The number of rotatable bonds is 2. The standard InChI is InChI=1S/C2H5BrO2S.Na.H/c3-1-2-6(4)5;;/h1-2H2,(H,4,5);;. The summed E-state index contributed by atoms with van der Waals surface area (Å²) in [5.41, 5.74) is 0. The topological polar surface area (TPSA) is 37.3 Å². The van der Waals surface area contributed by atoms with Crippen LogP contribution in [0.1, 0.15) is 0 Å². The number of alkyl halides is 1. The van der Waals surface area contributed by atoms with Gasteiger partial charge in [0.2, 0.25) is 0 Å². The molecule has 0 aromatic heterocycles. The summed E-state index contributed by atoms with van der Waals surface area (Å²) in [6, 6.07) is 0. The molecule has 0 aliphatic rings. The second kappa shape index (κ2) is 7.59. The van der Waals surface area contributed by atoms with E-state index in [4.69, 9.17) is 4.55 Å². The Hall–Kier alpha value is 1.59. The molecule has 2 nitrogen and oxygen atoms in total. The predicted octanol–water partition coefficient (Wildman–Crippen LogP) is -0.0455. The van der Waals surface area contributed by atoms with Crippen LogP contribution in [-0.2, 0) is 11.1 Å². The third-order valence-corrected chi connectivity index (χ3v) is 1.73. The van der Waals surface area contributed by atoms with Gasteiger partial charge in [-0.05, 0) is 0 Å². The van der Waals surface area contributed by atoms with Gasteiger partial charge in [-0.25, -0.2) is 4.21 Å². The summed E-state index contributed by atoms with van der Waals surface area (Å²) in [6.45, 7) is 0. The first kappa shape index (κ1) is 11.4. The first-order valence-electron chi connectivity index (χ1n) is 1.41. The molecule has 0 heterocycles. The summed E-state index contributed by atoms with van der Waals surface area (Å²) >= 11 is 1.38. The molecule has 1 atom stereocenters. The van der Waals surface area contributed by atoms with Crippen molar-refractivity contribution in [1.29, 1.82) is 0 Å². The molecule has 0 radical (unpaired) electrons. The van der Waals surface area contributed by atoms with E-state index in [1.54, 1.807) is 0 Å². The van der Waals surface area contributed by atoms with Gasteiger partial charge in [0.15, 0.2) is 11.1 Å². The van der Waals surface area contributed by atoms with Gasteiger partial charge in [-0.1, -0.05) is 15.9 Å². The summed E-state index contributed by atoms with van der Waals surface area (Å²) < 4.78 is 17.7. The molecule has 0 fully saturated rings. The quantitative estimate of drug-likeness (QED) is 0.383. The van der Waals surface area contributed by atoms with Gasteiger partial charge in [0.05, 0.1) is 5.75 Å². The van der Waals surface area contributed by atoms with Gasteiger partial charge in [0.1, 0.15) is 0 Å². The third kappa shape index (κ3) is 11.3. The summed E-state index contributed by atoms with van der Waals surface area (Å²) in [7, 11) is 0. The second-order valence-electron chi connectivity index (χ2n) is 0.715. The molecule has 0 saturated carbocycles. The Kier molecular flexibility index (Phi) is 12.4. The van der Waals surface area contributed by atoms with E-state index in [0.29, 0.717) is 11.1 Å². The fourth-order valence-corrected chi connectivity index (χ4v) is 1.03. The SMILES string of the molecule is O=S(O)CCBr.[NaH]. The van der Waals surface area contributed by atoms with Gasteiger partial charge in [-0.3, -0.25) is 0 Å². The van der Waals surface area contributed by atoms with Crippen LogP contribution in [0.5, 0.6) is 0 Å². The molecular formula is C2H6BrNaO2S. The van der Waals surface area contributed by atoms with Gasteiger partial charge in [-0.2, -0.15) is 0 Å². The van der Waals surface area contributed by atoms with Crippen LogP contribution in [0.4, 0.5) is 0 Å². The Morgan fingerprint density at radius 1 is 1.71 bits per heavy atom. The van der Waals surface area contributed by atoms with Crippen molar-refractivity contribution in [2.24, 2.45) is 0 Å². The monoisotopic (exact) mass is 196 g/mol. The van der Waals surface area contributed by atoms with Crippen molar-refractivity contribution in [3.63, 3.8) is 0 Å². The van der Waals surface area contributed by atoms with Gasteiger partial charge in [-0.15, -0.1) is 0 Å². The first-order valence-corrected chi connectivity index (χ1v) is 3.80. The molecule has 5 heteroatoms. The zero-order valence-electron chi connectivity index (χ0n) is 3.06. The van der Waals surface area contributed by atoms with Crippen molar-refractivity contribution in [1.82, 2.24) is 0 Å². The summed E-state index contributed by atoms with van der Waals surface area (Å²) in [5.74, 6) is 0.319. The van der Waals surface area contributed by atoms with E-state index in [1.165, 1.54) is 0 Å². The molecule has 0 rings (SSSR count). The fourth-order valence-electron chi connectivity index (χ4n) is 0.0660. The molecule has 0 aromatic carbocycles. The Bertz CT molecular complexity index is 59.7. The van der Waals surface area contributed by atoms with E-state index in [1.807, 2.05) is 0 Å². The number of hydrogen-bond acceptors (Lipinski definition) is 1. The van der Waals surface area contributed by atoms with Crippen molar-refractivity contribution in [2.75, 3.05) is 11.1 Å². The van der Waals surface area contributed by atoms with E-state index in [0.717, 1.165) is 0 Å². The molecule has 0 amide bonds. The Morgan fingerprint density at radius 3 is 2.14 bits per heavy atom. The van der Waals surface area contributed by atoms with Crippen LogP contribution in [0.3, 0.4) is 0 Å². The maximum absolute atomic E-state index is 9.68. The molecule has 0 aromatic rings. The Balaban J connectivity index is 0. The summed E-state index contributed by atoms with van der Waals surface area (Å²) in [4.78, 5) is 0. The Morgan fingerprint density at radius 2 is 2.14 bits per heavy atom. The van der Waals surface area contributed by atoms with Crippen LogP contribution in [0, 0.1) is 0 Å². The van der Waals surface area contributed by atoms with E-state index < -0.39 is 11.1 Å². The van der Waals surface area contributed by atoms with Crippen LogP contribution in [0.15, 0.2) is 0 Å². The van der Waals surface area contributed by atoms with Crippen molar-refractivity contribution in [3.05, 3.63) is 0 Å². The first-order chi connectivity index (χ1) is 2.77. The minimum atomic E-state index is -1.61. The number of hydrogen-bond donors (Lipinski definition) is 1. The zero-order valence-corrected chi connectivity index (χ0v) is 5.46. The molecule has 0 saturated heterocycles. The van der Waals surface area contributed by atoms with Crippen LogP contribution >= 0.6 is 15.9 Å². The fraction of sp³-hybridized carbons (Fsp3) is 1.00. The van der Waals surface area contributed by atoms with E-state index in [2.05, 4.69) is 15.9 Å². The Labute approximate surface area is 75.8 Å². The molecule has 0 aliphatic carbocycles. The molecule has 0 spiro atoms. The van der Waals surface area contributed by atoms with E-state index >= 15 is 0 Å². The van der Waals surface area contributed by atoms with Crippen molar-refractivity contribution < 1.29 is 8.76 Å². The zero-order chi connectivity index (χ0) is 4.99. The summed E-state index contributed by atoms with van der Waals surface area (Å²) in [5, 5.41) is 0.593. The molecule has 40 valence electrons. The van der Waals surface area contributed by atoms with Crippen molar-refractivity contribution in [2.45, 2.75) is 0 Å². The molecular weight excluding hydrogens is 191 g/mol. The minimum absolute atomic E-state index is 0. The third-order valence-electron chi connectivity index (χ3n) is 0.252. The molecule has 7 heavy (non-hydrogen) atoms. The van der Waals surface area contributed by atoms with Crippen LogP contribution in [0.2, 0.25) is 0 Å². The molecule has 1 unspecified atom stereocenters. The van der Waals surface area contributed by atoms with Gasteiger partial charge >= 0.3 is 29.6 Å². The molecule has 1 N–H and O–H groups in total.